The Kier molecular flexibility index (Phi) is 4.75. The lowest BCUT2D eigenvalue weighted by molar-refractivity contribution is 0.588. The number of hydrogen-bond donors (Lipinski definition) is 0. The van der Waals surface area contributed by atoms with Crippen molar-refractivity contribution in [2.24, 2.45) is 0 Å². The molecule has 0 fully saturated rings. The van der Waals surface area contributed by atoms with Crippen LogP contribution >= 0.6 is 0 Å². The Bertz CT molecular complexity index is 1270. The van der Waals surface area contributed by atoms with Gasteiger partial charge in [0.05, 0.1) is 17.1 Å². The first-order chi connectivity index (χ1) is 13.8. The highest BCUT2D eigenvalue weighted by molar-refractivity contribution is 7.92. The van der Waals surface area contributed by atoms with Crippen LogP contribution in [0, 0.1) is 19.7 Å². The molecular weight excluding hydrogens is 393 g/mol. The van der Waals surface area contributed by atoms with Crippen molar-refractivity contribution in [1.29, 1.82) is 0 Å². The lowest BCUT2D eigenvalue weighted by Crippen LogP contribution is -2.31. The molecule has 0 saturated heterocycles. The van der Waals surface area contributed by atoms with Crippen LogP contribution in [0.2, 0.25) is 0 Å². The van der Waals surface area contributed by atoms with Gasteiger partial charge in [-0.05, 0) is 56.3 Å². The molecule has 4 rings (SSSR count). The van der Waals surface area contributed by atoms with Crippen molar-refractivity contribution in [3.05, 3.63) is 83.7 Å². The Balaban J connectivity index is 1.81. The summed E-state index contributed by atoms with van der Waals surface area (Å²) < 4.78 is 42.8. The fraction of sp³-hybridized carbons (Fsp3) is 0.150. The fourth-order valence-electron chi connectivity index (χ4n) is 3.05. The maximum absolute atomic E-state index is 13.4. The number of halogens is 1. The molecule has 9 heteroatoms. The van der Waals surface area contributed by atoms with Gasteiger partial charge in [-0.3, -0.25) is 4.31 Å². The van der Waals surface area contributed by atoms with Gasteiger partial charge in [0.15, 0.2) is 5.82 Å². The van der Waals surface area contributed by atoms with E-state index in [0.717, 1.165) is 11.4 Å². The van der Waals surface area contributed by atoms with E-state index in [0.29, 0.717) is 11.5 Å². The zero-order valence-electron chi connectivity index (χ0n) is 15.8. The van der Waals surface area contributed by atoms with Gasteiger partial charge in [-0.25, -0.2) is 22.3 Å². The molecule has 0 N–H and O–H groups in total. The van der Waals surface area contributed by atoms with Gasteiger partial charge < -0.3 is 0 Å². The fourth-order valence-corrected chi connectivity index (χ4v) is 4.49. The molecule has 0 bridgehead atoms. The second-order valence-corrected chi connectivity index (χ2v) is 8.44. The van der Waals surface area contributed by atoms with Gasteiger partial charge in [0.2, 0.25) is 0 Å². The molecule has 4 aromatic rings. The van der Waals surface area contributed by atoms with Crippen molar-refractivity contribution in [3.63, 3.8) is 0 Å². The van der Waals surface area contributed by atoms with E-state index < -0.39 is 15.8 Å². The number of fused-ring (bicyclic) bond motifs is 1. The van der Waals surface area contributed by atoms with Crippen LogP contribution in [0.1, 0.15) is 17.2 Å². The topological polar surface area (TPSA) is 80.5 Å². The van der Waals surface area contributed by atoms with E-state index in [2.05, 4.69) is 15.1 Å². The Labute approximate surface area is 167 Å². The van der Waals surface area contributed by atoms with Crippen LogP contribution in [-0.2, 0) is 16.6 Å². The van der Waals surface area contributed by atoms with Crippen molar-refractivity contribution in [2.75, 3.05) is 4.31 Å². The number of aromatic nitrogens is 4. The molecule has 0 aliphatic heterocycles. The van der Waals surface area contributed by atoms with Crippen LogP contribution in [0.15, 0.2) is 65.6 Å². The highest BCUT2D eigenvalue weighted by Gasteiger charge is 2.27. The minimum atomic E-state index is -3.92. The highest BCUT2D eigenvalue weighted by atomic mass is 32.2. The molecule has 148 valence electrons. The summed E-state index contributed by atoms with van der Waals surface area (Å²) in [6.07, 6.45) is 0. The number of rotatable bonds is 5. The van der Waals surface area contributed by atoms with Crippen LogP contribution in [0.25, 0.3) is 5.78 Å². The molecule has 29 heavy (non-hydrogen) atoms. The maximum Gasteiger partial charge on any atom is 0.264 e. The highest BCUT2D eigenvalue weighted by Crippen LogP contribution is 2.25. The lowest BCUT2D eigenvalue weighted by Gasteiger charge is -2.23. The minimum absolute atomic E-state index is 0.120. The predicted octanol–water partition coefficient (Wildman–Crippen LogP) is 3.28. The average Bonchev–Trinajstić information content (AvgIpc) is 3.10. The number of aryl methyl sites for hydroxylation is 2. The quantitative estimate of drug-likeness (QED) is 0.504. The van der Waals surface area contributed by atoms with Crippen molar-refractivity contribution in [3.8, 4) is 0 Å². The van der Waals surface area contributed by atoms with E-state index in [1.54, 1.807) is 22.7 Å². The first-order valence-electron chi connectivity index (χ1n) is 8.88. The molecule has 2 aromatic carbocycles. The summed E-state index contributed by atoms with van der Waals surface area (Å²) in [7, 11) is -3.92. The van der Waals surface area contributed by atoms with E-state index in [9.17, 15) is 12.8 Å². The Morgan fingerprint density at radius 3 is 2.38 bits per heavy atom. The molecular formula is C20H18FN5O2S. The number of sulfonamides is 1. The summed E-state index contributed by atoms with van der Waals surface area (Å²) >= 11 is 0. The predicted molar refractivity (Wildman–Crippen MR) is 106 cm³/mol. The van der Waals surface area contributed by atoms with E-state index in [1.165, 1.54) is 40.7 Å². The van der Waals surface area contributed by atoms with Gasteiger partial charge in [0.25, 0.3) is 15.8 Å². The zero-order chi connectivity index (χ0) is 20.6. The van der Waals surface area contributed by atoms with E-state index in [1.807, 2.05) is 19.9 Å². The van der Waals surface area contributed by atoms with E-state index >= 15 is 0 Å². The number of anilines is 1. The summed E-state index contributed by atoms with van der Waals surface area (Å²) in [5.41, 5.74) is 1.95. The summed E-state index contributed by atoms with van der Waals surface area (Å²) in [5, 5.41) is 4.41. The Morgan fingerprint density at radius 2 is 1.69 bits per heavy atom. The average molecular weight is 411 g/mol. The Morgan fingerprint density at radius 1 is 1.00 bits per heavy atom. The molecule has 0 atom stereocenters. The third-order valence-electron chi connectivity index (χ3n) is 4.39. The van der Waals surface area contributed by atoms with Crippen molar-refractivity contribution in [2.45, 2.75) is 25.3 Å². The standard InChI is InChI=1S/C20H18FN5O2S/c1-14-12-15(2)26-20(22-14)23-19(24-26)13-25(17-10-8-16(21)9-11-17)29(27,28)18-6-4-3-5-7-18/h3-12H,13H2,1-2H3. The van der Waals surface area contributed by atoms with E-state index in [-0.39, 0.29) is 17.3 Å². The molecule has 2 heterocycles. The third kappa shape index (κ3) is 3.68. The van der Waals surface area contributed by atoms with Crippen LogP contribution in [-0.4, -0.2) is 28.0 Å². The van der Waals surface area contributed by atoms with Crippen LogP contribution < -0.4 is 4.31 Å². The molecule has 0 saturated carbocycles. The van der Waals surface area contributed by atoms with Gasteiger partial charge in [-0.15, -0.1) is 5.10 Å². The molecule has 2 aromatic heterocycles. The Hall–Kier alpha value is -3.33. The van der Waals surface area contributed by atoms with E-state index in [4.69, 9.17) is 0 Å². The lowest BCUT2D eigenvalue weighted by atomic mass is 10.3. The summed E-state index contributed by atoms with van der Waals surface area (Å²) in [4.78, 5) is 8.85. The van der Waals surface area contributed by atoms with Crippen LogP contribution in [0.5, 0.6) is 0 Å². The monoisotopic (exact) mass is 411 g/mol. The zero-order valence-corrected chi connectivity index (χ0v) is 16.6. The largest absolute Gasteiger partial charge is 0.264 e. The third-order valence-corrected chi connectivity index (χ3v) is 6.18. The number of benzene rings is 2. The van der Waals surface area contributed by atoms with Gasteiger partial charge >= 0.3 is 0 Å². The summed E-state index contributed by atoms with van der Waals surface area (Å²) in [6, 6.07) is 15.2. The summed E-state index contributed by atoms with van der Waals surface area (Å²) in [5.74, 6) is 0.232. The first kappa shape index (κ1) is 19.0. The minimum Gasteiger partial charge on any atom is -0.259 e. The SMILES string of the molecule is Cc1cc(C)n2nc(CN(c3ccc(F)cc3)S(=O)(=O)c3ccccc3)nc2n1. The normalized spacial score (nSPS) is 11.7. The van der Waals surface area contributed by atoms with Crippen molar-refractivity contribution >= 4 is 21.5 Å². The smallest absolute Gasteiger partial charge is 0.259 e. The van der Waals surface area contributed by atoms with Crippen molar-refractivity contribution < 1.29 is 12.8 Å². The first-order valence-corrected chi connectivity index (χ1v) is 10.3. The molecule has 7 nitrogen and oxygen atoms in total. The van der Waals surface area contributed by atoms with Gasteiger partial charge in [-0.2, -0.15) is 4.98 Å². The molecule has 0 aliphatic carbocycles. The number of hydrogen-bond acceptors (Lipinski definition) is 5. The van der Waals surface area contributed by atoms with Gasteiger partial charge in [0, 0.05) is 11.4 Å². The van der Waals surface area contributed by atoms with Gasteiger partial charge in [-0.1, -0.05) is 18.2 Å². The van der Waals surface area contributed by atoms with Crippen LogP contribution in [0.4, 0.5) is 10.1 Å². The molecule has 0 amide bonds. The second kappa shape index (κ2) is 7.25. The summed E-state index contributed by atoms with van der Waals surface area (Å²) in [6.45, 7) is 3.61. The molecule has 0 unspecified atom stereocenters. The molecule has 0 aliphatic rings. The van der Waals surface area contributed by atoms with Gasteiger partial charge in [0.1, 0.15) is 5.82 Å². The number of nitrogens with zero attached hydrogens (tertiary/aromatic N) is 5. The second-order valence-electron chi connectivity index (χ2n) is 6.58. The molecule has 0 radical (unpaired) electrons. The molecule has 0 spiro atoms. The maximum atomic E-state index is 13.4. The van der Waals surface area contributed by atoms with Crippen LogP contribution in [0.3, 0.4) is 0 Å². The van der Waals surface area contributed by atoms with Crippen molar-refractivity contribution in [1.82, 2.24) is 19.6 Å².